The maximum absolute atomic E-state index is 12.5. The number of aromatic nitrogens is 3. The number of nitrogens with zero attached hydrogens (tertiary/aromatic N) is 3. The van der Waals surface area contributed by atoms with Gasteiger partial charge in [0.2, 0.25) is 5.91 Å². The molecule has 1 aromatic carbocycles. The summed E-state index contributed by atoms with van der Waals surface area (Å²) in [7, 11) is -3.02. The van der Waals surface area contributed by atoms with Crippen molar-refractivity contribution in [1.29, 1.82) is 0 Å². The Balaban J connectivity index is 1.53. The van der Waals surface area contributed by atoms with E-state index in [2.05, 4.69) is 10.4 Å². The zero-order chi connectivity index (χ0) is 18.3. The molecule has 26 heavy (non-hydrogen) atoms. The van der Waals surface area contributed by atoms with Crippen molar-refractivity contribution in [3.63, 3.8) is 0 Å². The minimum Gasteiger partial charge on any atom is -0.338 e. The highest BCUT2D eigenvalue weighted by molar-refractivity contribution is 7.91. The van der Waals surface area contributed by atoms with Crippen LogP contribution in [0.2, 0.25) is 0 Å². The molecule has 1 aliphatic heterocycles. The average molecular weight is 372 g/mol. The number of hydrogen-bond donors (Lipinski definition) is 1. The predicted octanol–water partition coefficient (Wildman–Crippen LogP) is 2.14. The average Bonchev–Trinajstić information content (AvgIpc) is 3.25. The lowest BCUT2D eigenvalue weighted by Crippen LogP contribution is -2.22. The molecule has 1 unspecified atom stereocenters. The number of sulfone groups is 1. The van der Waals surface area contributed by atoms with Crippen LogP contribution >= 0.6 is 0 Å². The SMILES string of the molecule is Cc1cc(NC(=O)Cn2ccc3ccccc32)n(C2CCS(=O)(=O)C2)n1. The maximum atomic E-state index is 12.5. The van der Waals surface area contributed by atoms with Crippen LogP contribution in [0.4, 0.5) is 5.82 Å². The zero-order valence-electron chi connectivity index (χ0n) is 14.4. The van der Waals surface area contributed by atoms with Gasteiger partial charge < -0.3 is 9.88 Å². The number of fused-ring (bicyclic) bond motifs is 1. The van der Waals surface area contributed by atoms with E-state index in [9.17, 15) is 13.2 Å². The lowest BCUT2D eigenvalue weighted by atomic mass is 10.2. The topological polar surface area (TPSA) is 86.0 Å². The van der Waals surface area contributed by atoms with Crippen molar-refractivity contribution in [2.24, 2.45) is 0 Å². The largest absolute Gasteiger partial charge is 0.338 e. The minimum atomic E-state index is -3.02. The van der Waals surface area contributed by atoms with Crippen LogP contribution in [0.25, 0.3) is 10.9 Å². The van der Waals surface area contributed by atoms with Crippen LogP contribution in [0.1, 0.15) is 18.2 Å². The van der Waals surface area contributed by atoms with Crippen molar-refractivity contribution >= 4 is 32.5 Å². The molecule has 1 fully saturated rings. The van der Waals surface area contributed by atoms with E-state index in [4.69, 9.17) is 0 Å². The number of benzene rings is 1. The molecule has 1 atom stereocenters. The zero-order valence-corrected chi connectivity index (χ0v) is 15.2. The first-order valence-corrected chi connectivity index (χ1v) is 10.3. The van der Waals surface area contributed by atoms with Gasteiger partial charge in [0.1, 0.15) is 12.4 Å². The molecule has 1 amide bonds. The predicted molar refractivity (Wildman–Crippen MR) is 99.8 cm³/mol. The number of rotatable bonds is 4. The maximum Gasteiger partial charge on any atom is 0.245 e. The number of hydrogen-bond acceptors (Lipinski definition) is 4. The molecule has 0 aliphatic carbocycles. The Bertz CT molecular complexity index is 1080. The Hall–Kier alpha value is -2.61. The van der Waals surface area contributed by atoms with E-state index in [0.717, 1.165) is 16.6 Å². The second-order valence-electron chi connectivity index (χ2n) is 6.72. The van der Waals surface area contributed by atoms with Crippen LogP contribution in [0, 0.1) is 6.92 Å². The number of nitrogens with one attached hydrogen (secondary N) is 1. The van der Waals surface area contributed by atoms with Gasteiger partial charge in [0.15, 0.2) is 9.84 Å². The van der Waals surface area contributed by atoms with Gasteiger partial charge in [-0.15, -0.1) is 0 Å². The van der Waals surface area contributed by atoms with Gasteiger partial charge in [0.05, 0.1) is 23.2 Å². The summed E-state index contributed by atoms with van der Waals surface area (Å²) in [5, 5.41) is 8.35. The second kappa shape index (κ2) is 6.28. The second-order valence-corrected chi connectivity index (χ2v) is 8.95. The molecule has 8 heteroatoms. The van der Waals surface area contributed by atoms with Crippen LogP contribution in [0.15, 0.2) is 42.6 Å². The number of carbonyl (C=O) groups is 1. The Morgan fingerprint density at radius 2 is 2.12 bits per heavy atom. The van der Waals surface area contributed by atoms with Crippen molar-refractivity contribution in [3.05, 3.63) is 48.3 Å². The first kappa shape index (κ1) is 16.8. The number of para-hydroxylation sites is 1. The Kier molecular flexibility index (Phi) is 4.07. The van der Waals surface area contributed by atoms with Crippen molar-refractivity contribution in [2.75, 3.05) is 16.8 Å². The van der Waals surface area contributed by atoms with E-state index in [1.165, 1.54) is 0 Å². The van der Waals surface area contributed by atoms with Crippen LogP contribution < -0.4 is 5.32 Å². The van der Waals surface area contributed by atoms with Gasteiger partial charge in [-0.1, -0.05) is 18.2 Å². The number of amides is 1. The van der Waals surface area contributed by atoms with E-state index >= 15 is 0 Å². The van der Waals surface area contributed by atoms with E-state index in [1.54, 1.807) is 10.7 Å². The molecular formula is C18H20N4O3S. The molecule has 0 radical (unpaired) electrons. The first-order chi connectivity index (χ1) is 12.4. The van der Waals surface area contributed by atoms with Crippen LogP contribution in [-0.4, -0.2) is 40.2 Å². The fourth-order valence-electron chi connectivity index (χ4n) is 3.47. The van der Waals surface area contributed by atoms with Crippen LogP contribution in [0.3, 0.4) is 0 Å². The van der Waals surface area contributed by atoms with Crippen molar-refractivity contribution < 1.29 is 13.2 Å². The Morgan fingerprint density at radius 1 is 1.31 bits per heavy atom. The van der Waals surface area contributed by atoms with Gasteiger partial charge in [-0.25, -0.2) is 13.1 Å². The number of aryl methyl sites for hydroxylation is 1. The third kappa shape index (κ3) is 3.24. The standard InChI is InChI=1S/C18H20N4O3S/c1-13-10-17(22(20-13)15-7-9-26(24,25)12-15)19-18(23)11-21-8-6-14-4-2-3-5-16(14)21/h2-6,8,10,15H,7,9,11-12H2,1H3,(H,19,23). The Labute approximate surface area is 151 Å². The molecule has 3 aromatic rings. The molecule has 1 saturated heterocycles. The molecule has 3 heterocycles. The summed E-state index contributed by atoms with van der Waals surface area (Å²) >= 11 is 0. The van der Waals surface area contributed by atoms with Crippen LogP contribution in [-0.2, 0) is 21.2 Å². The highest BCUT2D eigenvalue weighted by Crippen LogP contribution is 2.27. The summed E-state index contributed by atoms with van der Waals surface area (Å²) in [6.07, 6.45) is 2.41. The molecular weight excluding hydrogens is 352 g/mol. The fourth-order valence-corrected chi connectivity index (χ4v) is 5.16. The molecule has 7 nitrogen and oxygen atoms in total. The molecule has 0 bridgehead atoms. The lowest BCUT2D eigenvalue weighted by Gasteiger charge is -2.14. The number of anilines is 1. The molecule has 2 aromatic heterocycles. The van der Waals surface area contributed by atoms with E-state index in [-0.39, 0.29) is 30.0 Å². The van der Waals surface area contributed by atoms with Gasteiger partial charge in [-0.05, 0) is 30.9 Å². The monoisotopic (exact) mass is 372 g/mol. The van der Waals surface area contributed by atoms with Gasteiger partial charge in [-0.2, -0.15) is 5.10 Å². The summed E-state index contributed by atoms with van der Waals surface area (Å²) in [6, 6.07) is 11.4. The van der Waals surface area contributed by atoms with E-state index in [0.29, 0.717) is 12.2 Å². The summed E-state index contributed by atoms with van der Waals surface area (Å²) in [4.78, 5) is 12.5. The van der Waals surface area contributed by atoms with E-state index < -0.39 is 9.84 Å². The molecule has 4 rings (SSSR count). The lowest BCUT2D eigenvalue weighted by molar-refractivity contribution is -0.116. The van der Waals surface area contributed by atoms with Gasteiger partial charge in [0, 0.05) is 17.8 Å². The summed E-state index contributed by atoms with van der Waals surface area (Å²) in [6.45, 7) is 2.01. The van der Waals surface area contributed by atoms with Crippen molar-refractivity contribution in [1.82, 2.24) is 14.3 Å². The quantitative estimate of drug-likeness (QED) is 0.760. The number of carbonyl (C=O) groups excluding carboxylic acids is 1. The van der Waals surface area contributed by atoms with Crippen molar-refractivity contribution in [3.8, 4) is 0 Å². The molecule has 0 saturated carbocycles. The smallest absolute Gasteiger partial charge is 0.245 e. The summed E-state index contributed by atoms with van der Waals surface area (Å²) in [5.41, 5.74) is 1.74. The minimum absolute atomic E-state index is 0.0687. The normalized spacial score (nSPS) is 19.0. The first-order valence-electron chi connectivity index (χ1n) is 8.52. The molecule has 0 spiro atoms. The Morgan fingerprint density at radius 3 is 2.88 bits per heavy atom. The fraction of sp³-hybridized carbons (Fsp3) is 0.333. The third-order valence-corrected chi connectivity index (χ3v) is 6.42. The highest BCUT2D eigenvalue weighted by atomic mass is 32.2. The van der Waals surface area contributed by atoms with Gasteiger partial charge >= 0.3 is 0 Å². The summed E-state index contributed by atoms with van der Waals surface area (Å²) in [5.74, 6) is 0.609. The van der Waals surface area contributed by atoms with Crippen molar-refractivity contribution in [2.45, 2.75) is 25.9 Å². The van der Waals surface area contributed by atoms with Crippen LogP contribution in [0.5, 0.6) is 0 Å². The van der Waals surface area contributed by atoms with E-state index in [1.807, 2.05) is 48.0 Å². The molecule has 1 aliphatic rings. The third-order valence-electron chi connectivity index (χ3n) is 4.67. The summed E-state index contributed by atoms with van der Waals surface area (Å²) < 4.78 is 27.0. The van der Waals surface area contributed by atoms with Gasteiger partial charge in [-0.3, -0.25) is 4.79 Å². The van der Waals surface area contributed by atoms with Gasteiger partial charge in [0.25, 0.3) is 0 Å². The highest BCUT2D eigenvalue weighted by Gasteiger charge is 2.31. The molecule has 1 N–H and O–H groups in total. The molecule has 136 valence electrons.